The van der Waals surface area contributed by atoms with Crippen LogP contribution >= 0.6 is 0 Å². The zero-order chi connectivity index (χ0) is 9.07. The molecule has 5 nitrogen and oxygen atoms in total. The van der Waals surface area contributed by atoms with Crippen molar-refractivity contribution in [3.63, 3.8) is 0 Å². The fourth-order valence-electron chi connectivity index (χ4n) is 0.337. The maximum atomic E-state index is 12.6. The summed E-state index contributed by atoms with van der Waals surface area (Å²) in [5.74, 6) is -4.60. The molecule has 0 rings (SSSR count). The predicted octanol–water partition coefficient (Wildman–Crippen LogP) is 0.512. The van der Waals surface area contributed by atoms with Crippen LogP contribution in [-0.2, 0) is 9.53 Å². The van der Waals surface area contributed by atoms with Crippen LogP contribution in [0.15, 0.2) is 0 Å². The van der Waals surface area contributed by atoms with Gasteiger partial charge in [-0.15, -0.1) is 0 Å². The van der Waals surface area contributed by atoms with Crippen LogP contribution in [0.1, 0.15) is 13.8 Å². The summed E-state index contributed by atoms with van der Waals surface area (Å²) in [5.41, 5.74) is 0. The minimum Gasteiger partial charge on any atom is -0.458 e. The molecule has 1 atom stereocenters. The van der Waals surface area contributed by atoms with E-state index in [4.69, 9.17) is 0 Å². The number of alkyl halides is 1. The van der Waals surface area contributed by atoms with E-state index >= 15 is 0 Å². The maximum Gasteiger partial charge on any atom is 0.451 e. The zero-order valence-corrected chi connectivity index (χ0v) is 6.17. The van der Waals surface area contributed by atoms with Gasteiger partial charge in [0.15, 0.2) is 0 Å². The number of esters is 1. The first-order valence-corrected chi connectivity index (χ1v) is 2.93. The number of rotatable bonds is 3. The Kier molecular flexibility index (Phi) is 2.91. The molecule has 0 spiro atoms. The van der Waals surface area contributed by atoms with Gasteiger partial charge in [0.05, 0.1) is 18.5 Å². The number of halogens is 1. The number of ether oxygens (including phenoxy) is 1. The second-order valence-corrected chi connectivity index (χ2v) is 1.93. The molecular formula is C5H8FNO4. The van der Waals surface area contributed by atoms with Crippen LogP contribution in [0.2, 0.25) is 0 Å². The molecule has 0 heterocycles. The largest absolute Gasteiger partial charge is 0.458 e. The van der Waals surface area contributed by atoms with Crippen molar-refractivity contribution in [2.45, 2.75) is 19.6 Å². The Labute approximate surface area is 62.3 Å². The van der Waals surface area contributed by atoms with Crippen LogP contribution in [0.5, 0.6) is 0 Å². The summed E-state index contributed by atoms with van der Waals surface area (Å²) in [6.07, 6.45) is 0. The van der Waals surface area contributed by atoms with E-state index in [1.165, 1.54) is 6.92 Å². The highest BCUT2D eigenvalue weighted by Crippen LogP contribution is 2.12. The third-order valence-electron chi connectivity index (χ3n) is 0.991. The Balaban J connectivity index is 4.30. The average molecular weight is 165 g/mol. The summed E-state index contributed by atoms with van der Waals surface area (Å²) in [6, 6.07) is 0. The van der Waals surface area contributed by atoms with E-state index in [1.807, 2.05) is 0 Å². The fraction of sp³-hybridized carbons (Fsp3) is 0.800. The monoisotopic (exact) mass is 165 g/mol. The molecule has 0 aromatic carbocycles. The number of hydrogen-bond donors (Lipinski definition) is 0. The third-order valence-corrected chi connectivity index (χ3v) is 0.991. The first kappa shape index (κ1) is 9.80. The molecule has 0 N–H and O–H groups in total. The van der Waals surface area contributed by atoms with Gasteiger partial charge in [-0.3, -0.25) is 10.1 Å². The number of nitrogens with zero attached hydrogens (tertiary/aromatic N) is 1. The van der Waals surface area contributed by atoms with Crippen LogP contribution in [0.3, 0.4) is 0 Å². The van der Waals surface area contributed by atoms with Gasteiger partial charge < -0.3 is 4.74 Å². The second kappa shape index (κ2) is 3.27. The molecular weight excluding hydrogens is 157 g/mol. The van der Waals surface area contributed by atoms with Crippen molar-refractivity contribution in [1.29, 1.82) is 0 Å². The first-order valence-electron chi connectivity index (χ1n) is 2.93. The lowest BCUT2D eigenvalue weighted by Gasteiger charge is -2.08. The molecule has 0 amide bonds. The first-order chi connectivity index (χ1) is 4.92. The third kappa shape index (κ3) is 2.14. The highest BCUT2D eigenvalue weighted by Gasteiger charge is 2.48. The van der Waals surface area contributed by atoms with Gasteiger partial charge in [0, 0.05) is 0 Å². The van der Waals surface area contributed by atoms with E-state index in [-0.39, 0.29) is 6.61 Å². The minimum absolute atomic E-state index is 0.0772. The molecule has 0 aromatic heterocycles. The molecule has 0 fully saturated rings. The molecule has 0 aliphatic heterocycles. The lowest BCUT2D eigenvalue weighted by atomic mass is 10.3. The van der Waals surface area contributed by atoms with Crippen LogP contribution < -0.4 is 0 Å². The molecule has 0 aliphatic rings. The van der Waals surface area contributed by atoms with Gasteiger partial charge in [-0.05, 0) is 6.92 Å². The number of nitro groups is 1. The lowest BCUT2D eigenvalue weighted by molar-refractivity contribution is -0.584. The molecule has 1 unspecified atom stereocenters. The van der Waals surface area contributed by atoms with E-state index < -0.39 is 16.7 Å². The average Bonchev–Trinajstić information content (AvgIpc) is 1.88. The Morgan fingerprint density at radius 2 is 2.27 bits per heavy atom. The highest BCUT2D eigenvalue weighted by atomic mass is 19.1. The van der Waals surface area contributed by atoms with Gasteiger partial charge in [0.1, 0.15) is 0 Å². The topological polar surface area (TPSA) is 69.4 Å². The SMILES string of the molecule is CCOC(=O)C(C)(F)[N+](=O)[O-]. The van der Waals surface area contributed by atoms with E-state index in [0.717, 1.165) is 0 Å². The maximum absolute atomic E-state index is 12.6. The van der Waals surface area contributed by atoms with Crippen LogP contribution in [0.25, 0.3) is 0 Å². The summed E-state index contributed by atoms with van der Waals surface area (Å²) in [5, 5.41) is 9.87. The van der Waals surface area contributed by atoms with Crippen molar-refractivity contribution in [2.75, 3.05) is 6.61 Å². The molecule has 0 aliphatic carbocycles. The summed E-state index contributed by atoms with van der Waals surface area (Å²) in [6.45, 7) is 1.91. The van der Waals surface area contributed by atoms with E-state index in [9.17, 15) is 19.3 Å². The Hall–Kier alpha value is -1.20. The summed E-state index contributed by atoms with van der Waals surface area (Å²) in [4.78, 5) is 19.0. The molecule has 0 radical (unpaired) electrons. The van der Waals surface area contributed by atoms with Crippen molar-refractivity contribution in [1.82, 2.24) is 0 Å². The van der Waals surface area contributed by atoms with Crippen molar-refractivity contribution in [3.05, 3.63) is 10.1 Å². The Morgan fingerprint density at radius 3 is 2.55 bits per heavy atom. The zero-order valence-electron chi connectivity index (χ0n) is 6.17. The summed E-state index contributed by atoms with van der Waals surface area (Å²) >= 11 is 0. The summed E-state index contributed by atoms with van der Waals surface area (Å²) in [7, 11) is 0. The Bertz CT molecular complexity index is 179. The van der Waals surface area contributed by atoms with Crippen LogP contribution in [0, 0.1) is 10.1 Å². The predicted molar refractivity (Wildman–Crippen MR) is 33.1 cm³/mol. The van der Waals surface area contributed by atoms with Gasteiger partial charge in [0.2, 0.25) is 0 Å². The van der Waals surface area contributed by atoms with E-state index in [0.29, 0.717) is 6.92 Å². The van der Waals surface area contributed by atoms with Gasteiger partial charge in [0.25, 0.3) is 0 Å². The van der Waals surface area contributed by atoms with Gasteiger partial charge in [-0.2, -0.15) is 4.39 Å². The van der Waals surface area contributed by atoms with E-state index in [1.54, 1.807) is 0 Å². The molecule has 0 bridgehead atoms. The van der Waals surface area contributed by atoms with Gasteiger partial charge in [-0.1, -0.05) is 0 Å². The van der Waals surface area contributed by atoms with Gasteiger partial charge >= 0.3 is 11.8 Å². The van der Waals surface area contributed by atoms with Crippen molar-refractivity contribution in [2.24, 2.45) is 0 Å². The normalized spacial score (nSPS) is 15.2. The number of carbonyl (C=O) groups excluding carboxylic acids is 1. The van der Waals surface area contributed by atoms with Crippen LogP contribution in [-0.4, -0.2) is 23.3 Å². The lowest BCUT2D eigenvalue weighted by Crippen LogP contribution is -2.40. The Morgan fingerprint density at radius 1 is 1.82 bits per heavy atom. The highest BCUT2D eigenvalue weighted by molar-refractivity contribution is 5.76. The quantitative estimate of drug-likeness (QED) is 0.264. The molecule has 0 saturated heterocycles. The minimum atomic E-state index is -3.13. The van der Waals surface area contributed by atoms with Crippen molar-refractivity contribution in [3.8, 4) is 0 Å². The second-order valence-electron chi connectivity index (χ2n) is 1.93. The fourth-order valence-corrected chi connectivity index (χ4v) is 0.337. The molecule has 64 valence electrons. The molecule has 11 heavy (non-hydrogen) atoms. The smallest absolute Gasteiger partial charge is 0.451 e. The van der Waals surface area contributed by atoms with Crippen molar-refractivity contribution < 1.29 is 18.8 Å². The van der Waals surface area contributed by atoms with Crippen LogP contribution in [0.4, 0.5) is 4.39 Å². The van der Waals surface area contributed by atoms with Gasteiger partial charge in [-0.25, -0.2) is 4.79 Å². The standard InChI is InChI=1S/C5H8FNO4/c1-3-11-4(8)5(2,6)7(9)10/h3H2,1-2H3. The van der Waals surface area contributed by atoms with E-state index in [2.05, 4.69) is 4.74 Å². The molecule has 6 heteroatoms. The summed E-state index contributed by atoms with van der Waals surface area (Å²) < 4.78 is 16.7. The molecule has 0 aromatic rings. The molecule has 0 saturated carbocycles. The number of hydrogen-bond acceptors (Lipinski definition) is 4. The van der Waals surface area contributed by atoms with Crippen molar-refractivity contribution >= 4 is 5.97 Å². The number of carbonyl (C=O) groups is 1.